The van der Waals surface area contributed by atoms with E-state index in [4.69, 9.17) is 0 Å². The third-order valence-electron chi connectivity index (χ3n) is 4.59. The predicted octanol–water partition coefficient (Wildman–Crippen LogP) is 2.20. The Bertz CT molecular complexity index is 1060. The Kier molecular flexibility index (Phi) is 3.18. The van der Waals surface area contributed by atoms with Crippen LogP contribution in [0.3, 0.4) is 0 Å². The molecule has 1 aliphatic heterocycles. The highest BCUT2D eigenvalue weighted by atomic mass is 16.3. The zero-order chi connectivity index (χ0) is 16.8. The third-order valence-corrected chi connectivity index (χ3v) is 4.59. The molecule has 0 unspecified atom stereocenters. The standard InChI is InChI=1S/C18H15N3O3/c19-10-11-7-8-14(13-5-2-1-4-12(11)13)21-17(23)16-15(22)6-3-9-20(16)18(21)24/h1-2,4-5,7-8,15,22-23H,3,6,9H2/t15-/m0/s1. The van der Waals surface area contributed by atoms with Crippen LogP contribution in [0.25, 0.3) is 16.5 Å². The lowest BCUT2D eigenvalue weighted by atomic mass is 10.0. The third kappa shape index (κ3) is 1.88. The summed E-state index contributed by atoms with van der Waals surface area (Å²) in [4.78, 5) is 12.8. The lowest BCUT2D eigenvalue weighted by Crippen LogP contribution is -2.27. The Morgan fingerprint density at radius 2 is 1.92 bits per heavy atom. The first-order valence-electron chi connectivity index (χ1n) is 7.78. The molecular weight excluding hydrogens is 306 g/mol. The smallest absolute Gasteiger partial charge is 0.336 e. The fourth-order valence-electron chi connectivity index (χ4n) is 3.47. The molecule has 2 N–H and O–H groups in total. The zero-order valence-electron chi connectivity index (χ0n) is 12.8. The second kappa shape index (κ2) is 5.25. The van der Waals surface area contributed by atoms with Crippen LogP contribution in [-0.4, -0.2) is 19.3 Å². The SMILES string of the molecule is N#Cc1ccc(-n2c(O)c3n(c2=O)CCC[C@@H]3O)c2ccccc12. The molecule has 0 bridgehead atoms. The molecule has 6 heteroatoms. The predicted molar refractivity (Wildman–Crippen MR) is 88.1 cm³/mol. The van der Waals surface area contributed by atoms with Crippen molar-refractivity contribution in [3.63, 3.8) is 0 Å². The summed E-state index contributed by atoms with van der Waals surface area (Å²) in [6, 6.07) is 12.7. The molecule has 6 nitrogen and oxygen atoms in total. The first-order valence-corrected chi connectivity index (χ1v) is 7.78. The van der Waals surface area contributed by atoms with Gasteiger partial charge in [0.15, 0.2) is 0 Å². The quantitative estimate of drug-likeness (QED) is 0.719. The van der Waals surface area contributed by atoms with Crippen molar-refractivity contribution in [2.24, 2.45) is 0 Å². The maximum Gasteiger partial charge on any atom is 0.336 e. The van der Waals surface area contributed by atoms with Crippen LogP contribution in [0.2, 0.25) is 0 Å². The summed E-state index contributed by atoms with van der Waals surface area (Å²) in [7, 11) is 0. The molecule has 24 heavy (non-hydrogen) atoms. The molecule has 0 radical (unpaired) electrons. The Labute approximate surface area is 137 Å². The van der Waals surface area contributed by atoms with Crippen molar-refractivity contribution in [2.75, 3.05) is 0 Å². The number of rotatable bonds is 1. The normalized spacial score (nSPS) is 16.8. The second-order valence-electron chi connectivity index (χ2n) is 5.93. The van der Waals surface area contributed by atoms with Gasteiger partial charge in [0.05, 0.1) is 23.4 Å². The Hall–Kier alpha value is -3.04. The van der Waals surface area contributed by atoms with Crippen LogP contribution in [0.4, 0.5) is 0 Å². The molecule has 0 amide bonds. The lowest BCUT2D eigenvalue weighted by molar-refractivity contribution is 0.134. The largest absolute Gasteiger partial charge is 0.493 e. The van der Waals surface area contributed by atoms with E-state index >= 15 is 0 Å². The molecule has 120 valence electrons. The minimum absolute atomic E-state index is 0.234. The van der Waals surface area contributed by atoms with E-state index < -0.39 is 6.10 Å². The van der Waals surface area contributed by atoms with E-state index in [9.17, 15) is 20.3 Å². The van der Waals surface area contributed by atoms with Gasteiger partial charge in [0.25, 0.3) is 0 Å². The van der Waals surface area contributed by atoms with Gasteiger partial charge in [-0.15, -0.1) is 0 Å². The molecule has 0 saturated heterocycles. The van der Waals surface area contributed by atoms with Crippen molar-refractivity contribution in [2.45, 2.75) is 25.5 Å². The van der Waals surface area contributed by atoms with Crippen LogP contribution in [0.5, 0.6) is 5.88 Å². The van der Waals surface area contributed by atoms with Crippen molar-refractivity contribution >= 4 is 10.8 Å². The van der Waals surface area contributed by atoms with Crippen molar-refractivity contribution in [1.29, 1.82) is 5.26 Å². The van der Waals surface area contributed by atoms with Crippen LogP contribution in [0, 0.1) is 11.3 Å². The van der Waals surface area contributed by atoms with Crippen LogP contribution in [0.15, 0.2) is 41.2 Å². The van der Waals surface area contributed by atoms with Gasteiger partial charge in [0.2, 0.25) is 5.88 Å². The van der Waals surface area contributed by atoms with Crippen molar-refractivity contribution in [3.8, 4) is 17.6 Å². The maximum atomic E-state index is 12.8. The molecule has 1 aromatic heterocycles. The van der Waals surface area contributed by atoms with Crippen LogP contribution < -0.4 is 5.69 Å². The molecule has 1 aliphatic rings. The summed E-state index contributed by atoms with van der Waals surface area (Å²) in [6.07, 6.45) is 0.355. The van der Waals surface area contributed by atoms with E-state index in [1.807, 2.05) is 24.3 Å². The van der Waals surface area contributed by atoms with Crippen molar-refractivity contribution in [3.05, 3.63) is 58.1 Å². The molecule has 4 rings (SSSR count). The van der Waals surface area contributed by atoms with Gasteiger partial charge in [0.1, 0.15) is 5.69 Å². The molecular formula is C18H15N3O3. The number of imidazole rings is 1. The fraction of sp³-hybridized carbons (Fsp3) is 0.222. The van der Waals surface area contributed by atoms with E-state index in [0.717, 1.165) is 0 Å². The topological polar surface area (TPSA) is 91.2 Å². The van der Waals surface area contributed by atoms with E-state index in [-0.39, 0.29) is 17.3 Å². The molecule has 2 aromatic carbocycles. The van der Waals surface area contributed by atoms with E-state index in [1.54, 1.807) is 12.1 Å². The summed E-state index contributed by atoms with van der Waals surface area (Å²) in [6.45, 7) is 0.472. The molecule has 1 atom stereocenters. The monoisotopic (exact) mass is 321 g/mol. The summed E-state index contributed by atoms with van der Waals surface area (Å²) < 4.78 is 2.64. The molecule has 2 heterocycles. The van der Waals surface area contributed by atoms with E-state index in [1.165, 1.54) is 9.13 Å². The highest BCUT2D eigenvalue weighted by Gasteiger charge is 2.29. The van der Waals surface area contributed by atoms with Crippen LogP contribution in [0.1, 0.15) is 30.2 Å². The summed E-state index contributed by atoms with van der Waals surface area (Å²) >= 11 is 0. The average Bonchev–Trinajstić information content (AvgIpc) is 2.86. The highest BCUT2D eigenvalue weighted by molar-refractivity contribution is 5.94. The number of aromatic hydroxyl groups is 1. The van der Waals surface area contributed by atoms with Crippen LogP contribution >= 0.6 is 0 Å². The number of aliphatic hydroxyl groups excluding tert-OH is 1. The highest BCUT2D eigenvalue weighted by Crippen LogP contribution is 2.34. The summed E-state index contributed by atoms with van der Waals surface area (Å²) in [5, 5.41) is 31.4. The summed E-state index contributed by atoms with van der Waals surface area (Å²) in [5.74, 6) is -0.234. The van der Waals surface area contributed by atoms with Gasteiger partial charge in [-0.3, -0.25) is 4.57 Å². The minimum Gasteiger partial charge on any atom is -0.493 e. The lowest BCUT2D eigenvalue weighted by Gasteiger charge is -2.18. The van der Waals surface area contributed by atoms with Gasteiger partial charge in [-0.25, -0.2) is 9.36 Å². The minimum atomic E-state index is -0.850. The van der Waals surface area contributed by atoms with E-state index in [0.29, 0.717) is 41.4 Å². The molecule has 0 spiro atoms. The van der Waals surface area contributed by atoms with Gasteiger partial charge >= 0.3 is 5.69 Å². The Morgan fingerprint density at radius 3 is 2.62 bits per heavy atom. The number of nitriles is 1. The maximum absolute atomic E-state index is 12.8. The van der Waals surface area contributed by atoms with Gasteiger partial charge in [-0.05, 0) is 25.0 Å². The first-order chi connectivity index (χ1) is 11.6. The molecule has 3 aromatic rings. The van der Waals surface area contributed by atoms with Crippen molar-refractivity contribution in [1.82, 2.24) is 9.13 Å². The number of hydrogen-bond donors (Lipinski definition) is 2. The molecule has 0 saturated carbocycles. The van der Waals surface area contributed by atoms with Gasteiger partial charge in [0, 0.05) is 17.3 Å². The summed E-state index contributed by atoms with van der Waals surface area (Å²) in [5.41, 5.74) is 0.892. The zero-order valence-corrected chi connectivity index (χ0v) is 12.8. The Balaban J connectivity index is 2.08. The van der Waals surface area contributed by atoms with E-state index in [2.05, 4.69) is 6.07 Å². The fourth-order valence-corrected chi connectivity index (χ4v) is 3.47. The average molecular weight is 321 g/mol. The van der Waals surface area contributed by atoms with Gasteiger partial charge in [-0.1, -0.05) is 24.3 Å². The number of fused-ring (bicyclic) bond motifs is 2. The molecule has 0 aliphatic carbocycles. The van der Waals surface area contributed by atoms with Gasteiger partial charge < -0.3 is 10.2 Å². The molecule has 0 fully saturated rings. The second-order valence-corrected chi connectivity index (χ2v) is 5.93. The number of aromatic nitrogens is 2. The van der Waals surface area contributed by atoms with Gasteiger partial charge in [-0.2, -0.15) is 5.26 Å². The number of nitrogens with zero attached hydrogens (tertiary/aromatic N) is 3. The number of hydrogen-bond acceptors (Lipinski definition) is 4. The van der Waals surface area contributed by atoms with Crippen molar-refractivity contribution < 1.29 is 10.2 Å². The van der Waals surface area contributed by atoms with Crippen LogP contribution in [-0.2, 0) is 6.54 Å². The number of benzene rings is 2. The first kappa shape index (κ1) is 14.5. The number of aliphatic hydroxyl groups is 1. The Morgan fingerprint density at radius 1 is 1.17 bits per heavy atom.